The van der Waals surface area contributed by atoms with E-state index in [2.05, 4.69) is 20.2 Å². The van der Waals surface area contributed by atoms with Crippen molar-refractivity contribution < 1.29 is 9.13 Å². The number of hydrogen-bond donors (Lipinski definition) is 3. The summed E-state index contributed by atoms with van der Waals surface area (Å²) in [6.45, 7) is -0.173. The number of aromatic nitrogens is 4. The van der Waals surface area contributed by atoms with Crippen LogP contribution >= 0.6 is 0 Å². The Morgan fingerprint density at radius 1 is 1.20 bits per heavy atom. The molecule has 8 nitrogen and oxygen atoms in total. The van der Waals surface area contributed by atoms with E-state index in [-0.39, 0.29) is 17.8 Å². The molecule has 2 aromatic carbocycles. The van der Waals surface area contributed by atoms with Gasteiger partial charge in [0.25, 0.3) is 5.56 Å². The summed E-state index contributed by atoms with van der Waals surface area (Å²) in [5.41, 5.74) is 7.89. The topological polar surface area (TPSA) is 133 Å². The molecule has 0 saturated carbocycles. The maximum Gasteiger partial charge on any atom is 0.272 e. The van der Waals surface area contributed by atoms with E-state index in [0.717, 1.165) is 0 Å². The highest BCUT2D eigenvalue weighted by molar-refractivity contribution is 6.15. The van der Waals surface area contributed by atoms with E-state index in [9.17, 15) is 9.18 Å². The van der Waals surface area contributed by atoms with Crippen molar-refractivity contribution in [2.75, 3.05) is 12.3 Å². The highest BCUT2D eigenvalue weighted by Gasteiger charge is 2.20. The predicted octanol–water partition coefficient (Wildman–Crippen LogP) is 3.24. The van der Waals surface area contributed by atoms with E-state index in [1.165, 1.54) is 12.3 Å². The molecule has 3 aromatic heterocycles. The second-order valence-electron chi connectivity index (χ2n) is 6.64. The van der Waals surface area contributed by atoms with Crippen LogP contribution < -0.4 is 16.0 Å². The number of nitriles is 1. The van der Waals surface area contributed by atoms with Crippen LogP contribution in [0.3, 0.4) is 0 Å². The van der Waals surface area contributed by atoms with E-state index in [0.29, 0.717) is 44.1 Å². The molecule has 0 fully saturated rings. The number of fused-ring (bicyclic) bond motifs is 4. The van der Waals surface area contributed by atoms with Crippen molar-refractivity contribution in [1.29, 1.82) is 5.26 Å². The minimum absolute atomic E-state index is 0.0221. The number of rotatable bonds is 3. The van der Waals surface area contributed by atoms with Gasteiger partial charge in [-0.2, -0.15) is 10.4 Å². The number of benzene rings is 2. The largest absolute Gasteiger partial charge is 0.476 e. The Morgan fingerprint density at radius 2 is 2.07 bits per heavy atom. The zero-order valence-electron chi connectivity index (χ0n) is 15.4. The molecule has 5 aromatic rings. The van der Waals surface area contributed by atoms with Gasteiger partial charge in [-0.3, -0.25) is 14.9 Å². The lowest BCUT2D eigenvalue weighted by Crippen LogP contribution is -2.14. The summed E-state index contributed by atoms with van der Waals surface area (Å²) in [5.74, 6) is -0.0930. The normalized spacial score (nSPS) is 11.2. The Labute approximate surface area is 167 Å². The van der Waals surface area contributed by atoms with Crippen LogP contribution in [0.15, 0.2) is 47.5 Å². The Kier molecular flexibility index (Phi) is 3.86. The van der Waals surface area contributed by atoms with Gasteiger partial charge in [0.15, 0.2) is 6.61 Å². The van der Waals surface area contributed by atoms with Gasteiger partial charge < -0.3 is 15.5 Å². The fraction of sp³-hybridized carbons (Fsp3) is 0.0476. The molecule has 0 aliphatic rings. The molecular weight excluding hydrogens is 387 g/mol. The smallest absolute Gasteiger partial charge is 0.272 e. The standard InChI is InChI=1S/C21H13FN6O2/c22-14-4-3-10(13-9-26-28-19(13)14)16-12-8-15(30-7-5-23)20-11(2-1-6-25-20)18(12)27-21(29)17(16)24/h1-4,6,8-9H,7,24H2,(H,26,28)(H,27,29). The first-order chi connectivity index (χ1) is 14.6. The molecule has 4 N–H and O–H groups in total. The summed E-state index contributed by atoms with van der Waals surface area (Å²) in [5, 5.41) is 17.2. The molecule has 5 rings (SSSR count). The van der Waals surface area contributed by atoms with Crippen molar-refractivity contribution in [3.8, 4) is 22.9 Å². The third-order valence-electron chi connectivity index (χ3n) is 5.00. The average Bonchev–Trinajstić information content (AvgIpc) is 3.25. The van der Waals surface area contributed by atoms with Crippen LogP contribution in [0.2, 0.25) is 0 Å². The van der Waals surface area contributed by atoms with Gasteiger partial charge in [0.05, 0.1) is 11.7 Å². The summed E-state index contributed by atoms with van der Waals surface area (Å²) < 4.78 is 19.8. The van der Waals surface area contributed by atoms with Gasteiger partial charge >= 0.3 is 0 Å². The van der Waals surface area contributed by atoms with Gasteiger partial charge in [0.2, 0.25) is 0 Å². The quantitative estimate of drug-likeness (QED) is 0.398. The van der Waals surface area contributed by atoms with Crippen LogP contribution in [0.1, 0.15) is 0 Å². The van der Waals surface area contributed by atoms with E-state index < -0.39 is 11.4 Å². The zero-order chi connectivity index (χ0) is 20.8. The number of aromatic amines is 2. The van der Waals surface area contributed by atoms with Gasteiger partial charge in [-0.15, -0.1) is 0 Å². The van der Waals surface area contributed by atoms with Crippen LogP contribution in [0.4, 0.5) is 10.1 Å². The molecule has 0 aliphatic heterocycles. The van der Waals surface area contributed by atoms with Crippen LogP contribution in [0, 0.1) is 17.1 Å². The van der Waals surface area contributed by atoms with Gasteiger partial charge in [0, 0.05) is 27.9 Å². The summed E-state index contributed by atoms with van der Waals surface area (Å²) in [7, 11) is 0. The SMILES string of the molecule is N#CCOc1cc2c(-c3ccc(F)c4[nH]ncc34)c(N)c(=O)[nH]c2c2cccnc12. The minimum atomic E-state index is -0.477. The number of nitrogens with two attached hydrogens (primary N) is 1. The molecular formula is C21H13FN6O2. The van der Waals surface area contributed by atoms with Crippen molar-refractivity contribution in [1.82, 2.24) is 20.2 Å². The summed E-state index contributed by atoms with van der Waals surface area (Å²) in [6, 6.07) is 9.98. The van der Waals surface area contributed by atoms with Gasteiger partial charge in [-0.25, -0.2) is 4.39 Å². The van der Waals surface area contributed by atoms with Crippen LogP contribution in [0.25, 0.3) is 43.8 Å². The highest BCUT2D eigenvalue weighted by atomic mass is 19.1. The van der Waals surface area contributed by atoms with E-state index in [4.69, 9.17) is 15.7 Å². The number of ether oxygens (including phenoxy) is 1. The van der Waals surface area contributed by atoms with Crippen molar-refractivity contribution in [2.45, 2.75) is 0 Å². The predicted molar refractivity (Wildman–Crippen MR) is 110 cm³/mol. The third kappa shape index (κ3) is 2.48. The van der Waals surface area contributed by atoms with Crippen LogP contribution in [-0.4, -0.2) is 26.8 Å². The first kappa shape index (κ1) is 17.6. The first-order valence-corrected chi connectivity index (χ1v) is 8.95. The maximum atomic E-state index is 14.2. The lowest BCUT2D eigenvalue weighted by atomic mass is 9.95. The molecule has 0 radical (unpaired) electrons. The van der Waals surface area contributed by atoms with Crippen molar-refractivity contribution >= 4 is 38.4 Å². The molecule has 0 aliphatic carbocycles. The summed E-state index contributed by atoms with van der Waals surface area (Å²) in [6.07, 6.45) is 3.08. The second-order valence-corrected chi connectivity index (χ2v) is 6.64. The van der Waals surface area contributed by atoms with E-state index in [1.54, 1.807) is 30.5 Å². The van der Waals surface area contributed by atoms with Gasteiger partial charge in [-0.05, 0) is 29.8 Å². The van der Waals surface area contributed by atoms with E-state index in [1.807, 2.05) is 6.07 Å². The lowest BCUT2D eigenvalue weighted by molar-refractivity contribution is 0.372. The third-order valence-corrected chi connectivity index (χ3v) is 5.00. The molecule has 30 heavy (non-hydrogen) atoms. The summed E-state index contributed by atoms with van der Waals surface area (Å²) in [4.78, 5) is 19.8. The molecule has 0 bridgehead atoms. The van der Waals surface area contributed by atoms with Gasteiger partial charge in [-0.1, -0.05) is 6.07 Å². The lowest BCUT2D eigenvalue weighted by Gasteiger charge is -2.15. The molecule has 146 valence electrons. The van der Waals surface area contributed by atoms with Crippen molar-refractivity contribution in [3.05, 3.63) is 58.9 Å². The second kappa shape index (κ2) is 6.56. The number of halogens is 1. The molecule has 0 atom stereocenters. The van der Waals surface area contributed by atoms with Crippen molar-refractivity contribution in [3.63, 3.8) is 0 Å². The van der Waals surface area contributed by atoms with Gasteiger partial charge in [0.1, 0.15) is 34.4 Å². The first-order valence-electron chi connectivity index (χ1n) is 8.95. The molecule has 9 heteroatoms. The van der Waals surface area contributed by atoms with Crippen LogP contribution in [-0.2, 0) is 0 Å². The molecule has 0 saturated heterocycles. The Morgan fingerprint density at radius 3 is 2.90 bits per heavy atom. The number of nitrogens with zero attached hydrogens (tertiary/aromatic N) is 3. The zero-order valence-corrected chi connectivity index (χ0v) is 15.4. The number of H-pyrrole nitrogens is 2. The molecule has 0 amide bonds. The molecule has 0 spiro atoms. The monoisotopic (exact) mass is 400 g/mol. The fourth-order valence-electron chi connectivity index (χ4n) is 3.72. The summed E-state index contributed by atoms with van der Waals surface area (Å²) >= 11 is 0. The molecule has 0 unspecified atom stereocenters. The minimum Gasteiger partial charge on any atom is -0.476 e. The van der Waals surface area contributed by atoms with Crippen molar-refractivity contribution in [2.24, 2.45) is 0 Å². The van der Waals surface area contributed by atoms with E-state index >= 15 is 0 Å². The molecule has 3 heterocycles. The Balaban J connectivity index is 1.97. The number of hydrogen-bond acceptors (Lipinski definition) is 6. The number of nitrogen functional groups attached to an aromatic ring is 1. The maximum absolute atomic E-state index is 14.2. The van der Waals surface area contributed by atoms with Crippen LogP contribution in [0.5, 0.6) is 5.75 Å². The fourth-order valence-corrected chi connectivity index (χ4v) is 3.72. The number of pyridine rings is 2. The average molecular weight is 400 g/mol. The highest BCUT2D eigenvalue weighted by Crippen LogP contribution is 2.40. The Bertz CT molecular complexity index is 1560. The number of anilines is 1. The Hall–Kier alpha value is -4.45. The number of nitrogens with one attached hydrogen (secondary N) is 2.